The number of hydrogen-bond donors (Lipinski definition) is 1. The van der Waals surface area contributed by atoms with E-state index < -0.39 is 0 Å². The first kappa shape index (κ1) is 13.0. The summed E-state index contributed by atoms with van der Waals surface area (Å²) in [4.78, 5) is 24.7. The fourth-order valence-electron chi connectivity index (χ4n) is 2.14. The number of rotatable bonds is 5. The van der Waals surface area contributed by atoms with Crippen LogP contribution >= 0.6 is 0 Å². The zero-order chi connectivity index (χ0) is 12.1. The molecule has 1 fully saturated rings. The van der Waals surface area contributed by atoms with Gasteiger partial charge in [-0.15, -0.1) is 0 Å². The molecule has 92 valence electrons. The first-order valence-corrected chi connectivity index (χ1v) is 6.10. The molecule has 1 unspecified atom stereocenters. The minimum atomic E-state index is 0.120. The van der Waals surface area contributed by atoms with Crippen LogP contribution in [-0.2, 0) is 9.59 Å². The van der Waals surface area contributed by atoms with E-state index in [9.17, 15) is 9.59 Å². The summed E-state index contributed by atoms with van der Waals surface area (Å²) in [6.45, 7) is 5.45. The van der Waals surface area contributed by atoms with Crippen molar-refractivity contribution < 1.29 is 9.59 Å². The van der Waals surface area contributed by atoms with Gasteiger partial charge in [0.15, 0.2) is 0 Å². The van der Waals surface area contributed by atoms with Crippen LogP contribution in [0.2, 0.25) is 0 Å². The van der Waals surface area contributed by atoms with Crippen molar-refractivity contribution in [3.63, 3.8) is 0 Å². The summed E-state index contributed by atoms with van der Waals surface area (Å²) in [5.41, 5.74) is 0. The summed E-state index contributed by atoms with van der Waals surface area (Å²) in [6, 6.07) is 0. The van der Waals surface area contributed by atoms with E-state index in [1.165, 1.54) is 0 Å². The average Bonchev–Trinajstić information content (AvgIpc) is 2.57. The Balaban J connectivity index is 2.30. The van der Waals surface area contributed by atoms with Crippen LogP contribution in [0.25, 0.3) is 0 Å². The highest BCUT2D eigenvalue weighted by atomic mass is 16.2. The van der Waals surface area contributed by atoms with Crippen LogP contribution in [-0.4, -0.2) is 36.9 Å². The van der Waals surface area contributed by atoms with Crippen LogP contribution in [0.15, 0.2) is 0 Å². The van der Waals surface area contributed by atoms with E-state index in [2.05, 4.69) is 5.32 Å². The molecule has 1 saturated heterocycles. The molecule has 0 aliphatic carbocycles. The van der Waals surface area contributed by atoms with Gasteiger partial charge in [0.05, 0.1) is 0 Å². The van der Waals surface area contributed by atoms with Gasteiger partial charge < -0.3 is 10.2 Å². The summed E-state index contributed by atoms with van der Waals surface area (Å²) >= 11 is 0. The van der Waals surface area contributed by atoms with Crippen LogP contribution in [0.3, 0.4) is 0 Å². The van der Waals surface area contributed by atoms with Gasteiger partial charge in [0, 0.05) is 38.4 Å². The Morgan fingerprint density at radius 3 is 2.56 bits per heavy atom. The first-order valence-electron chi connectivity index (χ1n) is 6.10. The minimum Gasteiger partial charge on any atom is -0.356 e. The van der Waals surface area contributed by atoms with Crippen molar-refractivity contribution in [1.82, 2.24) is 10.2 Å². The number of hydrogen-bond acceptors (Lipinski definition) is 2. The van der Waals surface area contributed by atoms with Crippen molar-refractivity contribution in [2.24, 2.45) is 11.8 Å². The van der Waals surface area contributed by atoms with Crippen molar-refractivity contribution in [2.45, 2.75) is 33.1 Å². The smallest absolute Gasteiger partial charge is 0.223 e. The maximum atomic E-state index is 11.7. The third-order valence-electron chi connectivity index (χ3n) is 3.34. The van der Waals surface area contributed by atoms with Crippen LogP contribution in [0.5, 0.6) is 0 Å². The fraction of sp³-hybridized carbons (Fsp3) is 0.833. The SMILES string of the molecule is CCC(CC)C(=O)NCC1CC(=O)N(C)C1. The molecule has 16 heavy (non-hydrogen) atoms. The van der Waals surface area contributed by atoms with E-state index in [4.69, 9.17) is 0 Å². The molecular weight excluding hydrogens is 204 g/mol. The summed E-state index contributed by atoms with van der Waals surface area (Å²) in [5.74, 6) is 0.722. The van der Waals surface area contributed by atoms with Crippen molar-refractivity contribution in [1.29, 1.82) is 0 Å². The van der Waals surface area contributed by atoms with E-state index >= 15 is 0 Å². The Labute approximate surface area is 97.4 Å². The lowest BCUT2D eigenvalue weighted by Gasteiger charge is -2.15. The summed E-state index contributed by atoms with van der Waals surface area (Å²) in [7, 11) is 1.81. The molecule has 4 heteroatoms. The summed E-state index contributed by atoms with van der Waals surface area (Å²) in [6.07, 6.45) is 2.33. The summed E-state index contributed by atoms with van der Waals surface area (Å²) in [5, 5.41) is 2.95. The lowest BCUT2D eigenvalue weighted by atomic mass is 10.0. The lowest BCUT2D eigenvalue weighted by Crippen LogP contribution is -2.34. The van der Waals surface area contributed by atoms with Gasteiger partial charge in [0.25, 0.3) is 0 Å². The van der Waals surface area contributed by atoms with Crippen LogP contribution in [0.1, 0.15) is 33.1 Å². The highest BCUT2D eigenvalue weighted by Gasteiger charge is 2.27. The highest BCUT2D eigenvalue weighted by Crippen LogP contribution is 2.15. The molecule has 0 aromatic rings. The van der Waals surface area contributed by atoms with Gasteiger partial charge in [0.2, 0.25) is 11.8 Å². The van der Waals surface area contributed by atoms with Crippen LogP contribution in [0, 0.1) is 11.8 Å². The Morgan fingerprint density at radius 1 is 1.50 bits per heavy atom. The van der Waals surface area contributed by atoms with Gasteiger partial charge in [-0.2, -0.15) is 0 Å². The second kappa shape index (κ2) is 5.87. The Morgan fingerprint density at radius 2 is 2.12 bits per heavy atom. The largest absolute Gasteiger partial charge is 0.356 e. The third kappa shape index (κ3) is 3.22. The first-order chi connectivity index (χ1) is 7.58. The van der Waals surface area contributed by atoms with Crippen molar-refractivity contribution in [3.05, 3.63) is 0 Å². The predicted octanol–water partition coefficient (Wildman–Crippen LogP) is 1.02. The standard InChI is InChI=1S/C12H22N2O2/c1-4-10(5-2)12(16)13-7-9-6-11(15)14(3)8-9/h9-10H,4-8H2,1-3H3,(H,13,16). The molecule has 1 heterocycles. The normalized spacial score (nSPS) is 20.6. The van der Waals surface area contributed by atoms with Gasteiger partial charge in [0.1, 0.15) is 0 Å². The van der Waals surface area contributed by atoms with E-state index in [-0.39, 0.29) is 23.7 Å². The fourth-order valence-corrected chi connectivity index (χ4v) is 2.14. The quantitative estimate of drug-likeness (QED) is 0.761. The monoisotopic (exact) mass is 226 g/mol. The Kier molecular flexibility index (Phi) is 4.77. The molecule has 0 aromatic heterocycles. The molecule has 4 nitrogen and oxygen atoms in total. The Bertz CT molecular complexity index is 262. The van der Waals surface area contributed by atoms with Gasteiger partial charge in [-0.1, -0.05) is 13.8 Å². The van der Waals surface area contributed by atoms with Crippen molar-refractivity contribution >= 4 is 11.8 Å². The molecule has 0 bridgehead atoms. The molecule has 1 aliphatic rings. The zero-order valence-corrected chi connectivity index (χ0v) is 10.5. The van der Waals surface area contributed by atoms with Crippen molar-refractivity contribution in [3.8, 4) is 0 Å². The van der Waals surface area contributed by atoms with Gasteiger partial charge in [-0.3, -0.25) is 9.59 Å². The van der Waals surface area contributed by atoms with Gasteiger partial charge in [-0.05, 0) is 12.8 Å². The zero-order valence-electron chi connectivity index (χ0n) is 10.5. The van der Waals surface area contributed by atoms with E-state index in [1.54, 1.807) is 4.90 Å². The van der Waals surface area contributed by atoms with E-state index in [0.717, 1.165) is 19.4 Å². The minimum absolute atomic E-state index is 0.120. The molecule has 0 spiro atoms. The van der Waals surface area contributed by atoms with E-state index in [1.807, 2.05) is 20.9 Å². The molecule has 0 aromatic carbocycles. The number of nitrogens with one attached hydrogen (secondary N) is 1. The molecule has 0 saturated carbocycles. The number of nitrogens with zero attached hydrogens (tertiary/aromatic N) is 1. The molecule has 1 aliphatic heterocycles. The van der Waals surface area contributed by atoms with Crippen molar-refractivity contribution in [2.75, 3.05) is 20.1 Å². The Hall–Kier alpha value is -1.06. The number of carbonyl (C=O) groups excluding carboxylic acids is 2. The molecule has 2 amide bonds. The van der Waals surface area contributed by atoms with Gasteiger partial charge >= 0.3 is 0 Å². The average molecular weight is 226 g/mol. The second-order valence-electron chi connectivity index (χ2n) is 4.60. The number of carbonyl (C=O) groups is 2. The molecule has 1 rings (SSSR count). The van der Waals surface area contributed by atoms with E-state index in [0.29, 0.717) is 13.0 Å². The predicted molar refractivity (Wildman–Crippen MR) is 62.8 cm³/mol. The highest BCUT2D eigenvalue weighted by molar-refractivity contribution is 5.80. The summed E-state index contributed by atoms with van der Waals surface area (Å²) < 4.78 is 0. The second-order valence-corrected chi connectivity index (χ2v) is 4.60. The molecular formula is C12H22N2O2. The topological polar surface area (TPSA) is 49.4 Å². The van der Waals surface area contributed by atoms with Gasteiger partial charge in [-0.25, -0.2) is 0 Å². The third-order valence-corrected chi connectivity index (χ3v) is 3.34. The van der Waals surface area contributed by atoms with Crippen LogP contribution < -0.4 is 5.32 Å². The van der Waals surface area contributed by atoms with Crippen LogP contribution in [0.4, 0.5) is 0 Å². The maximum absolute atomic E-state index is 11.7. The lowest BCUT2D eigenvalue weighted by molar-refractivity contribution is -0.127. The molecule has 1 N–H and O–H groups in total. The maximum Gasteiger partial charge on any atom is 0.223 e. The molecule has 1 atom stereocenters. The number of likely N-dealkylation sites (tertiary alicyclic amines) is 1. The molecule has 0 radical (unpaired) electrons. The number of amides is 2.